The minimum atomic E-state index is 0.138. The Morgan fingerprint density at radius 1 is 1.45 bits per heavy atom. The van der Waals surface area contributed by atoms with Crippen LogP contribution < -0.4 is 4.74 Å². The quantitative estimate of drug-likeness (QED) is 0.848. The van der Waals surface area contributed by atoms with Crippen molar-refractivity contribution in [1.82, 2.24) is 9.88 Å². The lowest BCUT2D eigenvalue weighted by Crippen LogP contribution is -2.30. The molecule has 1 aliphatic rings. The summed E-state index contributed by atoms with van der Waals surface area (Å²) < 4.78 is 5.46. The van der Waals surface area contributed by atoms with E-state index in [1.807, 2.05) is 34.0 Å². The minimum Gasteiger partial charge on any atom is -0.496 e. The number of para-hydroxylation sites is 1. The summed E-state index contributed by atoms with van der Waals surface area (Å²) in [6.07, 6.45) is 3.29. The lowest BCUT2D eigenvalue weighted by molar-refractivity contribution is -0.132. The molecule has 3 rings (SSSR count). The van der Waals surface area contributed by atoms with Crippen LogP contribution >= 0.6 is 11.3 Å². The van der Waals surface area contributed by atoms with Crippen LogP contribution in [0.25, 0.3) is 0 Å². The van der Waals surface area contributed by atoms with Gasteiger partial charge in [-0.3, -0.25) is 4.79 Å². The Bertz CT molecular complexity index is 627. The van der Waals surface area contributed by atoms with Crippen LogP contribution in [0.4, 0.5) is 0 Å². The normalized spacial score (nSPS) is 17.7. The van der Waals surface area contributed by atoms with Gasteiger partial charge in [-0.15, -0.1) is 11.3 Å². The topological polar surface area (TPSA) is 42.4 Å². The number of carbonyl (C=O) groups excluding carboxylic acids is 1. The molecule has 5 heteroatoms. The first kappa shape index (κ1) is 15.0. The number of thiazole rings is 1. The van der Waals surface area contributed by atoms with Crippen LogP contribution in [0.2, 0.25) is 0 Å². The van der Waals surface area contributed by atoms with E-state index in [9.17, 15) is 4.79 Å². The number of likely N-dealkylation sites (tertiary alicyclic amines) is 1. The Kier molecular flexibility index (Phi) is 4.73. The van der Waals surface area contributed by atoms with Crippen molar-refractivity contribution in [2.45, 2.75) is 31.7 Å². The molecule has 2 heterocycles. The van der Waals surface area contributed by atoms with Crippen LogP contribution in [0.15, 0.2) is 35.2 Å². The number of aromatic nitrogens is 1. The first-order chi connectivity index (χ1) is 10.8. The number of aryl methyl sites for hydroxylation is 1. The van der Waals surface area contributed by atoms with Gasteiger partial charge >= 0.3 is 0 Å². The van der Waals surface area contributed by atoms with Gasteiger partial charge in [0.05, 0.1) is 24.4 Å². The number of carbonyl (C=O) groups is 1. The van der Waals surface area contributed by atoms with Crippen LogP contribution in [0.1, 0.15) is 36.6 Å². The van der Waals surface area contributed by atoms with Gasteiger partial charge in [0.15, 0.2) is 0 Å². The largest absolute Gasteiger partial charge is 0.496 e. The fraction of sp³-hybridized carbons (Fsp3) is 0.412. The molecule has 22 heavy (non-hydrogen) atoms. The Labute approximate surface area is 134 Å². The molecule has 1 aliphatic heterocycles. The van der Waals surface area contributed by atoms with Crippen molar-refractivity contribution in [1.29, 1.82) is 0 Å². The first-order valence-corrected chi connectivity index (χ1v) is 8.53. The van der Waals surface area contributed by atoms with E-state index >= 15 is 0 Å². The molecule has 116 valence electrons. The summed E-state index contributed by atoms with van der Waals surface area (Å²) in [6.45, 7) is 0.832. The number of hydrogen-bond donors (Lipinski definition) is 0. The molecule has 0 spiro atoms. The second-order valence-electron chi connectivity index (χ2n) is 5.47. The van der Waals surface area contributed by atoms with Gasteiger partial charge in [-0.25, -0.2) is 4.98 Å². The molecular formula is C17H20N2O2S. The van der Waals surface area contributed by atoms with Crippen LogP contribution in [-0.4, -0.2) is 29.4 Å². The molecule has 0 bridgehead atoms. The van der Waals surface area contributed by atoms with Gasteiger partial charge in [0.25, 0.3) is 0 Å². The number of hydrogen-bond acceptors (Lipinski definition) is 4. The second-order valence-corrected chi connectivity index (χ2v) is 6.19. The first-order valence-electron chi connectivity index (χ1n) is 7.59. The smallest absolute Gasteiger partial charge is 0.223 e. The Hall–Kier alpha value is -1.88. The summed E-state index contributed by atoms with van der Waals surface area (Å²) in [5.74, 6) is 1.08. The van der Waals surface area contributed by atoms with Crippen molar-refractivity contribution in [3.63, 3.8) is 0 Å². The highest BCUT2D eigenvalue weighted by Gasteiger charge is 2.31. The van der Waals surface area contributed by atoms with Gasteiger partial charge in [0, 0.05) is 23.9 Å². The standard InChI is InChI=1S/C17H20N2O2S/c1-21-16-7-3-2-5-14(16)15-6-4-10-19(15)17(20)9-8-13-11-22-12-18-13/h2-3,5,7,11-12,15H,4,6,8-10H2,1H3/t15-/m1/s1. The number of rotatable bonds is 5. The van der Waals surface area contributed by atoms with Crippen molar-refractivity contribution < 1.29 is 9.53 Å². The SMILES string of the molecule is COc1ccccc1[C@H]1CCCN1C(=O)CCc1cscn1. The zero-order chi connectivity index (χ0) is 15.4. The van der Waals surface area contributed by atoms with Crippen LogP contribution in [0, 0.1) is 0 Å². The van der Waals surface area contributed by atoms with E-state index < -0.39 is 0 Å². The molecule has 0 unspecified atom stereocenters. The van der Waals surface area contributed by atoms with Gasteiger partial charge in [-0.2, -0.15) is 0 Å². The van der Waals surface area contributed by atoms with Gasteiger partial charge in [0.1, 0.15) is 5.75 Å². The summed E-state index contributed by atoms with van der Waals surface area (Å²) >= 11 is 1.57. The number of amides is 1. The molecule has 1 amide bonds. The van der Waals surface area contributed by atoms with Gasteiger partial charge in [-0.05, 0) is 25.3 Å². The number of ether oxygens (including phenoxy) is 1. The average molecular weight is 316 g/mol. The second kappa shape index (κ2) is 6.92. The maximum atomic E-state index is 12.6. The zero-order valence-electron chi connectivity index (χ0n) is 12.7. The zero-order valence-corrected chi connectivity index (χ0v) is 13.5. The molecule has 2 aromatic rings. The van der Waals surface area contributed by atoms with E-state index in [1.165, 1.54) is 0 Å². The summed E-state index contributed by atoms with van der Waals surface area (Å²) in [7, 11) is 1.68. The fourth-order valence-electron chi connectivity index (χ4n) is 3.07. The van der Waals surface area contributed by atoms with E-state index in [0.29, 0.717) is 6.42 Å². The van der Waals surface area contributed by atoms with Crippen molar-refractivity contribution >= 4 is 17.2 Å². The number of benzene rings is 1. The van der Waals surface area contributed by atoms with Crippen molar-refractivity contribution in [3.8, 4) is 5.75 Å². The van der Waals surface area contributed by atoms with E-state index in [1.54, 1.807) is 18.4 Å². The predicted molar refractivity (Wildman–Crippen MR) is 87.1 cm³/mol. The molecule has 0 N–H and O–H groups in total. The van der Waals surface area contributed by atoms with E-state index in [-0.39, 0.29) is 11.9 Å². The van der Waals surface area contributed by atoms with Gasteiger partial charge in [0.2, 0.25) is 5.91 Å². The van der Waals surface area contributed by atoms with E-state index in [2.05, 4.69) is 11.1 Å². The molecule has 0 aliphatic carbocycles. The lowest BCUT2D eigenvalue weighted by Gasteiger charge is -2.26. The maximum absolute atomic E-state index is 12.6. The lowest BCUT2D eigenvalue weighted by atomic mass is 10.0. The molecule has 1 fully saturated rings. The number of nitrogens with zero attached hydrogens (tertiary/aromatic N) is 2. The highest BCUT2D eigenvalue weighted by molar-refractivity contribution is 7.07. The monoisotopic (exact) mass is 316 g/mol. The summed E-state index contributed by atoms with van der Waals surface area (Å²) in [4.78, 5) is 18.8. The minimum absolute atomic E-state index is 0.138. The van der Waals surface area contributed by atoms with Crippen LogP contribution in [0.5, 0.6) is 5.75 Å². The number of methoxy groups -OCH3 is 1. The Balaban J connectivity index is 1.71. The third-order valence-corrected chi connectivity index (χ3v) is 4.78. The van der Waals surface area contributed by atoms with Gasteiger partial charge < -0.3 is 9.64 Å². The van der Waals surface area contributed by atoms with Crippen LogP contribution in [-0.2, 0) is 11.2 Å². The molecule has 0 radical (unpaired) electrons. The molecule has 1 aromatic heterocycles. The summed E-state index contributed by atoms with van der Waals surface area (Å²) in [5.41, 5.74) is 3.93. The summed E-state index contributed by atoms with van der Waals surface area (Å²) in [6, 6.07) is 8.14. The molecule has 1 aromatic carbocycles. The molecule has 1 saturated heterocycles. The third kappa shape index (κ3) is 3.14. The van der Waals surface area contributed by atoms with Gasteiger partial charge in [-0.1, -0.05) is 18.2 Å². The fourth-order valence-corrected chi connectivity index (χ4v) is 3.66. The molecule has 1 atom stereocenters. The van der Waals surface area contributed by atoms with Crippen LogP contribution in [0.3, 0.4) is 0 Å². The third-order valence-electron chi connectivity index (χ3n) is 4.15. The summed E-state index contributed by atoms with van der Waals surface area (Å²) in [5, 5.41) is 2.01. The van der Waals surface area contributed by atoms with Crippen molar-refractivity contribution in [2.75, 3.05) is 13.7 Å². The maximum Gasteiger partial charge on any atom is 0.223 e. The predicted octanol–water partition coefficient (Wildman–Crippen LogP) is 3.45. The van der Waals surface area contributed by atoms with Crippen molar-refractivity contribution in [2.24, 2.45) is 0 Å². The average Bonchev–Trinajstić information content (AvgIpc) is 3.23. The molecule has 4 nitrogen and oxygen atoms in total. The Morgan fingerprint density at radius 2 is 2.32 bits per heavy atom. The highest BCUT2D eigenvalue weighted by Crippen LogP contribution is 2.37. The van der Waals surface area contributed by atoms with E-state index in [0.717, 1.165) is 42.8 Å². The Morgan fingerprint density at radius 3 is 3.09 bits per heavy atom. The molecular weight excluding hydrogens is 296 g/mol. The molecule has 0 saturated carbocycles. The van der Waals surface area contributed by atoms with Crippen molar-refractivity contribution in [3.05, 3.63) is 46.4 Å². The van der Waals surface area contributed by atoms with E-state index in [4.69, 9.17) is 4.74 Å². The highest BCUT2D eigenvalue weighted by atomic mass is 32.1.